The summed E-state index contributed by atoms with van der Waals surface area (Å²) in [5.74, 6) is 0.466. The van der Waals surface area contributed by atoms with Crippen LogP contribution in [-0.2, 0) is 19.1 Å². The van der Waals surface area contributed by atoms with Gasteiger partial charge in [-0.2, -0.15) is 0 Å². The van der Waals surface area contributed by atoms with Crippen LogP contribution in [0.5, 0.6) is 0 Å². The number of thiophene rings is 2. The number of carbonyl (C=O) groups is 4. The highest BCUT2D eigenvalue weighted by molar-refractivity contribution is 7.31. The maximum atomic E-state index is 13.6. The minimum Gasteiger partial charge on any atom is -0.453 e. The number of amides is 4. The predicted molar refractivity (Wildman–Crippen MR) is 222 cm³/mol. The van der Waals surface area contributed by atoms with Crippen LogP contribution in [0.3, 0.4) is 0 Å². The summed E-state index contributed by atoms with van der Waals surface area (Å²) in [6, 6.07) is 11.8. The number of alkyl carbamates (subject to hydrolysis) is 2. The molecule has 5 aromatic rings. The van der Waals surface area contributed by atoms with E-state index in [9.17, 15) is 24.0 Å². The fraction of sp³-hybridized carbons (Fsp3) is 0.439. The van der Waals surface area contributed by atoms with E-state index in [0.717, 1.165) is 55.2 Å². The van der Waals surface area contributed by atoms with Gasteiger partial charge in [0.1, 0.15) is 23.7 Å². The van der Waals surface area contributed by atoms with Crippen LogP contribution in [0.15, 0.2) is 53.5 Å². The van der Waals surface area contributed by atoms with Crippen molar-refractivity contribution in [2.24, 2.45) is 11.8 Å². The van der Waals surface area contributed by atoms with Crippen molar-refractivity contribution in [2.75, 3.05) is 27.3 Å². The lowest BCUT2D eigenvalue weighted by atomic mass is 10.0. The molecule has 0 aliphatic carbocycles. The zero-order chi connectivity index (χ0) is 41.2. The van der Waals surface area contributed by atoms with Crippen molar-refractivity contribution >= 4 is 56.1 Å². The molecule has 0 saturated carbocycles. The molecular weight excluding hydrogens is 781 g/mol. The first kappa shape index (κ1) is 40.6. The summed E-state index contributed by atoms with van der Waals surface area (Å²) in [6.07, 6.45) is 3.48. The molecule has 1 aromatic carbocycles. The molecule has 2 aliphatic rings. The van der Waals surface area contributed by atoms with Gasteiger partial charge in [-0.05, 0) is 60.8 Å². The topological polar surface area (TPSA) is 192 Å². The van der Waals surface area contributed by atoms with E-state index in [-0.39, 0.29) is 35.3 Å². The van der Waals surface area contributed by atoms with Gasteiger partial charge in [0.2, 0.25) is 11.8 Å². The number of fused-ring (bicyclic) bond motifs is 1. The highest BCUT2D eigenvalue weighted by Crippen LogP contribution is 2.42. The highest BCUT2D eigenvalue weighted by atomic mass is 32.1. The normalized spacial score (nSPS) is 17.9. The van der Waals surface area contributed by atoms with Crippen LogP contribution in [0.2, 0.25) is 0 Å². The molecule has 2 fully saturated rings. The summed E-state index contributed by atoms with van der Waals surface area (Å²) in [4.78, 5) is 85.4. The number of aromatic nitrogens is 4. The summed E-state index contributed by atoms with van der Waals surface area (Å²) in [6.45, 7) is 8.58. The van der Waals surface area contributed by atoms with Gasteiger partial charge in [-0.15, -0.1) is 22.7 Å². The van der Waals surface area contributed by atoms with Crippen molar-refractivity contribution in [3.8, 4) is 32.3 Å². The van der Waals surface area contributed by atoms with E-state index in [0.29, 0.717) is 36.9 Å². The quantitative estimate of drug-likeness (QED) is 0.110. The molecule has 4 N–H and O–H groups in total. The van der Waals surface area contributed by atoms with Gasteiger partial charge in [0.15, 0.2) is 0 Å². The Bertz CT molecular complexity index is 2330. The van der Waals surface area contributed by atoms with E-state index >= 15 is 0 Å². The molecule has 58 heavy (non-hydrogen) atoms. The molecule has 4 atom stereocenters. The van der Waals surface area contributed by atoms with Crippen molar-refractivity contribution < 1.29 is 28.7 Å². The van der Waals surface area contributed by atoms with Gasteiger partial charge in [-0.25, -0.2) is 19.6 Å². The number of aromatic amines is 2. The van der Waals surface area contributed by atoms with Crippen LogP contribution in [0.4, 0.5) is 9.59 Å². The number of carbonyl (C=O) groups excluding carboxylic acids is 4. The fourth-order valence-corrected chi connectivity index (χ4v) is 10.1. The zero-order valence-electron chi connectivity index (χ0n) is 33.3. The first-order chi connectivity index (χ1) is 27.8. The SMILES string of the molecule is COC(=O)N[C@H](C(=O)N1CCC[C@H]1c1ncc(-c2ccc(-c3cc4sc(-c5cc(=O)[nH]c([C@@H]6CCCN6C(=O)[C@@H](NC(=O)OC)C(C)C)n5)cc4s3)cc2)[nH]1)C(C)C. The van der Waals surface area contributed by atoms with Gasteiger partial charge >= 0.3 is 12.2 Å². The number of nitrogens with one attached hydrogen (secondary N) is 4. The Hall–Kier alpha value is -5.55. The van der Waals surface area contributed by atoms with Gasteiger partial charge in [0.25, 0.3) is 5.56 Å². The molecule has 0 bridgehead atoms. The maximum Gasteiger partial charge on any atom is 0.407 e. The lowest BCUT2D eigenvalue weighted by Crippen LogP contribution is -2.51. The lowest BCUT2D eigenvalue weighted by Gasteiger charge is -2.30. The molecule has 0 radical (unpaired) electrons. The van der Waals surface area contributed by atoms with Gasteiger partial charge in [0.05, 0.1) is 48.8 Å². The molecule has 4 aromatic heterocycles. The third kappa shape index (κ3) is 8.36. The zero-order valence-corrected chi connectivity index (χ0v) is 34.9. The number of hydrogen-bond donors (Lipinski definition) is 4. The second-order valence-corrected chi connectivity index (χ2v) is 17.5. The molecule has 17 heteroatoms. The number of likely N-dealkylation sites (tertiary alicyclic amines) is 2. The average Bonchev–Trinajstić information content (AvgIpc) is 4.06. The van der Waals surface area contributed by atoms with Crippen LogP contribution >= 0.6 is 22.7 Å². The Morgan fingerprint density at radius 3 is 1.81 bits per heavy atom. The van der Waals surface area contributed by atoms with Crippen LogP contribution in [-0.4, -0.2) is 93.1 Å². The van der Waals surface area contributed by atoms with Crippen molar-refractivity contribution in [2.45, 2.75) is 77.5 Å². The van der Waals surface area contributed by atoms with Crippen LogP contribution in [0.1, 0.15) is 77.1 Å². The van der Waals surface area contributed by atoms with Crippen LogP contribution in [0.25, 0.3) is 41.7 Å². The highest BCUT2D eigenvalue weighted by Gasteiger charge is 2.39. The third-order valence-electron chi connectivity index (χ3n) is 10.8. The Labute approximate surface area is 343 Å². The number of benzene rings is 1. The Kier molecular flexibility index (Phi) is 12.0. The summed E-state index contributed by atoms with van der Waals surface area (Å²) in [5.41, 5.74) is 3.12. The van der Waals surface area contributed by atoms with E-state index in [1.54, 1.807) is 38.7 Å². The first-order valence-electron chi connectivity index (χ1n) is 19.5. The number of imidazole rings is 1. The Morgan fingerprint density at radius 2 is 1.26 bits per heavy atom. The van der Waals surface area contributed by atoms with Crippen molar-refractivity contribution in [1.82, 2.24) is 40.4 Å². The van der Waals surface area contributed by atoms with E-state index in [4.69, 9.17) is 14.5 Å². The molecular formula is C41H48N8O7S2. The first-order valence-corrected chi connectivity index (χ1v) is 21.1. The molecule has 2 saturated heterocycles. The van der Waals surface area contributed by atoms with Gasteiger partial charge in [-0.3, -0.25) is 14.4 Å². The molecule has 6 heterocycles. The van der Waals surface area contributed by atoms with E-state index in [1.807, 2.05) is 39.8 Å². The molecule has 15 nitrogen and oxygen atoms in total. The second-order valence-electron chi connectivity index (χ2n) is 15.3. The van der Waals surface area contributed by atoms with Crippen LogP contribution in [0, 0.1) is 11.8 Å². The van der Waals surface area contributed by atoms with Crippen LogP contribution < -0.4 is 16.2 Å². The standard InChI is InChI=1S/C41H48N8O7S2/c1-21(2)34(46-40(53)55-5)38(51)48-15-7-9-27(48)36-42-20-26(44-36)23-11-13-24(14-12-23)29-18-31-32(57-29)19-30(58-31)25-17-33(50)45-37(43-25)28-10-8-16-49(28)39(52)35(22(3)4)47-41(54)56-6/h11-14,17-22,27-28,34-35H,7-10,15-16H2,1-6H3,(H,42,44)(H,46,53)(H,47,54)(H,43,45,50)/t27-,28-,34-,35-/m0/s1. The number of H-pyrrole nitrogens is 2. The summed E-state index contributed by atoms with van der Waals surface area (Å²) in [5, 5.41) is 5.35. The maximum absolute atomic E-state index is 13.6. The van der Waals surface area contributed by atoms with E-state index in [1.165, 1.54) is 20.3 Å². The molecule has 7 rings (SSSR count). The molecule has 4 amide bonds. The molecule has 306 valence electrons. The third-order valence-corrected chi connectivity index (χ3v) is 13.1. The Balaban J connectivity index is 1.05. The van der Waals surface area contributed by atoms with E-state index in [2.05, 4.69) is 49.9 Å². The monoisotopic (exact) mass is 828 g/mol. The molecule has 0 spiro atoms. The number of hydrogen-bond acceptors (Lipinski definition) is 11. The van der Waals surface area contributed by atoms with Gasteiger partial charge < -0.3 is 39.9 Å². The molecule has 2 aliphatic heterocycles. The minimum absolute atomic E-state index is 0.115. The lowest BCUT2D eigenvalue weighted by molar-refractivity contribution is -0.136. The van der Waals surface area contributed by atoms with E-state index < -0.39 is 30.3 Å². The number of methoxy groups -OCH3 is 2. The van der Waals surface area contributed by atoms with Gasteiger partial charge in [0, 0.05) is 33.4 Å². The van der Waals surface area contributed by atoms with Crippen molar-refractivity contribution in [3.05, 3.63) is 70.7 Å². The second kappa shape index (κ2) is 17.1. The van der Waals surface area contributed by atoms with Crippen molar-refractivity contribution in [3.63, 3.8) is 0 Å². The number of rotatable bonds is 11. The summed E-state index contributed by atoms with van der Waals surface area (Å²) >= 11 is 3.22. The van der Waals surface area contributed by atoms with Gasteiger partial charge in [-0.1, -0.05) is 52.0 Å². The summed E-state index contributed by atoms with van der Waals surface area (Å²) < 4.78 is 11.7. The fourth-order valence-electron chi connectivity index (χ4n) is 7.72. The van der Waals surface area contributed by atoms with Crippen molar-refractivity contribution in [1.29, 1.82) is 0 Å². The average molecular weight is 829 g/mol. The summed E-state index contributed by atoms with van der Waals surface area (Å²) in [7, 11) is 2.55. The largest absolute Gasteiger partial charge is 0.453 e. The Morgan fingerprint density at radius 1 is 0.741 bits per heavy atom. The number of nitrogens with zero attached hydrogens (tertiary/aromatic N) is 4. The smallest absolute Gasteiger partial charge is 0.407 e. The predicted octanol–water partition coefficient (Wildman–Crippen LogP) is 6.86. The molecule has 0 unspecified atom stereocenters. The minimum atomic E-state index is -0.773. The number of ether oxygens (including phenoxy) is 2.